The Labute approximate surface area is 101 Å². The van der Waals surface area contributed by atoms with Gasteiger partial charge in [-0.2, -0.15) is 0 Å². The lowest BCUT2D eigenvalue weighted by Crippen LogP contribution is -2.08. The van der Waals surface area contributed by atoms with Crippen LogP contribution < -0.4 is 0 Å². The third kappa shape index (κ3) is 3.11. The molecule has 1 aromatic rings. The average molecular weight is 232 g/mol. The minimum Gasteiger partial charge on any atom is -0.489 e. The van der Waals surface area contributed by atoms with E-state index in [1.165, 1.54) is 0 Å². The first kappa shape index (κ1) is 11.7. The smallest absolute Gasteiger partial charge is 0.167 e. The molecular formula is C14H16O3. The van der Waals surface area contributed by atoms with E-state index >= 15 is 0 Å². The van der Waals surface area contributed by atoms with Crippen molar-refractivity contribution in [2.24, 2.45) is 0 Å². The van der Waals surface area contributed by atoms with E-state index in [1.807, 2.05) is 43.3 Å². The molecule has 0 spiro atoms. The first-order valence-electron chi connectivity index (χ1n) is 5.64. The van der Waals surface area contributed by atoms with Crippen LogP contribution in [0.25, 0.3) is 0 Å². The number of rotatable bonds is 4. The van der Waals surface area contributed by atoms with Crippen LogP contribution in [-0.4, -0.2) is 11.7 Å². The van der Waals surface area contributed by atoms with Crippen LogP contribution >= 0.6 is 0 Å². The van der Waals surface area contributed by atoms with Crippen LogP contribution in [0.15, 0.2) is 53.7 Å². The predicted octanol–water partition coefficient (Wildman–Crippen LogP) is 2.73. The number of hydrogen-bond donors (Lipinski definition) is 1. The molecule has 1 aromatic carbocycles. The first-order chi connectivity index (χ1) is 8.29. The normalized spacial score (nSPS) is 15.3. The number of hydrogen-bond acceptors (Lipinski definition) is 3. The largest absolute Gasteiger partial charge is 0.489 e. The molecule has 3 heteroatoms. The van der Waals surface area contributed by atoms with Crippen molar-refractivity contribution < 1.29 is 14.6 Å². The molecule has 0 bridgehead atoms. The molecule has 1 aliphatic rings. The molecule has 0 aromatic heterocycles. The lowest BCUT2D eigenvalue weighted by atomic mass is 10.2. The van der Waals surface area contributed by atoms with Gasteiger partial charge in [0.15, 0.2) is 5.76 Å². The van der Waals surface area contributed by atoms with Gasteiger partial charge in [-0.25, -0.2) is 0 Å². The highest BCUT2D eigenvalue weighted by Crippen LogP contribution is 2.23. The van der Waals surface area contributed by atoms with Crippen LogP contribution in [0.5, 0.6) is 0 Å². The zero-order valence-electron chi connectivity index (χ0n) is 9.85. The summed E-state index contributed by atoms with van der Waals surface area (Å²) >= 11 is 0. The topological polar surface area (TPSA) is 38.7 Å². The highest BCUT2D eigenvalue weighted by Gasteiger charge is 2.14. The van der Waals surface area contributed by atoms with Gasteiger partial charge in [-0.1, -0.05) is 30.3 Å². The fraction of sp³-hybridized carbons (Fsp3) is 0.286. The number of aliphatic hydroxyl groups excluding tert-OH is 1. The Bertz CT molecular complexity index is 432. The van der Waals surface area contributed by atoms with Gasteiger partial charge in [0.25, 0.3) is 0 Å². The third-order valence-electron chi connectivity index (χ3n) is 2.57. The minimum absolute atomic E-state index is 0.130. The Hall–Kier alpha value is -1.74. The fourth-order valence-electron chi connectivity index (χ4n) is 1.65. The van der Waals surface area contributed by atoms with E-state index in [4.69, 9.17) is 9.47 Å². The van der Waals surface area contributed by atoms with E-state index in [2.05, 4.69) is 0 Å². The molecule has 0 fully saturated rings. The van der Waals surface area contributed by atoms with Gasteiger partial charge in [0.2, 0.25) is 0 Å². The number of ether oxygens (including phenoxy) is 2. The molecule has 2 rings (SSSR count). The van der Waals surface area contributed by atoms with Gasteiger partial charge < -0.3 is 14.6 Å². The molecule has 0 aliphatic carbocycles. The van der Waals surface area contributed by atoms with E-state index < -0.39 is 0 Å². The maximum Gasteiger partial charge on any atom is 0.167 e. The van der Waals surface area contributed by atoms with Gasteiger partial charge in [-0.05, 0) is 18.6 Å². The molecule has 1 N–H and O–H groups in total. The van der Waals surface area contributed by atoms with Crippen LogP contribution in [0.2, 0.25) is 0 Å². The standard InChI is InChI=1S/C14H16O3/c1-11-7-8-13(14(9-15)17-11)16-10-12-5-3-2-4-6-12/h2-7,15H,8-10H2,1H3. The Morgan fingerprint density at radius 2 is 2.06 bits per heavy atom. The van der Waals surface area contributed by atoms with Crippen molar-refractivity contribution in [1.82, 2.24) is 0 Å². The lowest BCUT2D eigenvalue weighted by molar-refractivity contribution is 0.133. The second-order valence-corrected chi connectivity index (χ2v) is 3.90. The maximum absolute atomic E-state index is 9.19. The summed E-state index contributed by atoms with van der Waals surface area (Å²) in [6.07, 6.45) is 2.62. The molecule has 1 aliphatic heterocycles. The Kier molecular flexibility index (Phi) is 3.83. The summed E-state index contributed by atoms with van der Waals surface area (Å²) in [4.78, 5) is 0. The summed E-state index contributed by atoms with van der Waals surface area (Å²) in [5.41, 5.74) is 1.10. The summed E-state index contributed by atoms with van der Waals surface area (Å²) in [5, 5.41) is 9.19. The molecule has 0 amide bonds. The van der Waals surface area contributed by atoms with Crippen molar-refractivity contribution in [2.45, 2.75) is 20.0 Å². The van der Waals surface area contributed by atoms with Crippen molar-refractivity contribution in [3.63, 3.8) is 0 Å². The second-order valence-electron chi connectivity index (χ2n) is 3.90. The van der Waals surface area contributed by atoms with Crippen LogP contribution in [0, 0.1) is 0 Å². The van der Waals surface area contributed by atoms with Gasteiger partial charge in [0.05, 0.1) is 5.76 Å². The molecular weight excluding hydrogens is 216 g/mol. The minimum atomic E-state index is -0.130. The molecule has 17 heavy (non-hydrogen) atoms. The number of aliphatic hydroxyl groups is 1. The van der Waals surface area contributed by atoms with Gasteiger partial charge in [-0.15, -0.1) is 0 Å². The molecule has 3 nitrogen and oxygen atoms in total. The molecule has 0 saturated carbocycles. The summed E-state index contributed by atoms with van der Waals surface area (Å²) in [7, 11) is 0. The average Bonchev–Trinajstić information content (AvgIpc) is 2.38. The molecule has 0 unspecified atom stereocenters. The highest BCUT2D eigenvalue weighted by atomic mass is 16.5. The monoisotopic (exact) mass is 232 g/mol. The van der Waals surface area contributed by atoms with Crippen LogP contribution in [-0.2, 0) is 16.1 Å². The predicted molar refractivity (Wildman–Crippen MR) is 64.8 cm³/mol. The third-order valence-corrected chi connectivity index (χ3v) is 2.57. The summed E-state index contributed by atoms with van der Waals surface area (Å²) < 4.78 is 11.1. The highest BCUT2D eigenvalue weighted by molar-refractivity contribution is 5.17. The van der Waals surface area contributed by atoms with E-state index in [9.17, 15) is 5.11 Å². The maximum atomic E-state index is 9.19. The summed E-state index contributed by atoms with van der Waals surface area (Å²) in [6, 6.07) is 9.93. The Morgan fingerprint density at radius 3 is 2.76 bits per heavy atom. The summed E-state index contributed by atoms with van der Waals surface area (Å²) in [5.74, 6) is 2.03. The van der Waals surface area contributed by atoms with Crippen LogP contribution in [0.1, 0.15) is 18.9 Å². The van der Waals surface area contributed by atoms with Crippen molar-refractivity contribution in [3.05, 3.63) is 59.2 Å². The van der Waals surface area contributed by atoms with E-state index in [0.29, 0.717) is 24.5 Å². The lowest BCUT2D eigenvalue weighted by Gasteiger charge is -2.19. The number of allylic oxidation sites excluding steroid dienone is 2. The number of benzene rings is 1. The van der Waals surface area contributed by atoms with E-state index in [0.717, 1.165) is 11.3 Å². The Balaban J connectivity index is 1.99. The van der Waals surface area contributed by atoms with Gasteiger partial charge in [0.1, 0.15) is 19.0 Å². The SMILES string of the molecule is CC1=CCC(OCc2ccccc2)=C(CO)O1. The fourth-order valence-corrected chi connectivity index (χ4v) is 1.65. The Morgan fingerprint density at radius 1 is 1.29 bits per heavy atom. The molecule has 0 atom stereocenters. The molecule has 0 saturated heterocycles. The quantitative estimate of drug-likeness (QED) is 0.867. The van der Waals surface area contributed by atoms with E-state index in [-0.39, 0.29) is 6.61 Å². The van der Waals surface area contributed by atoms with Crippen LogP contribution in [0.4, 0.5) is 0 Å². The van der Waals surface area contributed by atoms with Gasteiger partial charge in [-0.3, -0.25) is 0 Å². The summed E-state index contributed by atoms with van der Waals surface area (Å²) in [6.45, 7) is 2.23. The van der Waals surface area contributed by atoms with Crippen LogP contribution in [0.3, 0.4) is 0 Å². The second kappa shape index (κ2) is 5.55. The van der Waals surface area contributed by atoms with E-state index in [1.54, 1.807) is 0 Å². The van der Waals surface area contributed by atoms with Crippen molar-refractivity contribution in [2.75, 3.05) is 6.61 Å². The van der Waals surface area contributed by atoms with Crippen molar-refractivity contribution in [3.8, 4) is 0 Å². The molecule has 90 valence electrons. The van der Waals surface area contributed by atoms with Gasteiger partial charge in [0, 0.05) is 6.42 Å². The van der Waals surface area contributed by atoms with Crippen molar-refractivity contribution in [1.29, 1.82) is 0 Å². The molecule has 1 heterocycles. The molecule has 0 radical (unpaired) electrons. The zero-order chi connectivity index (χ0) is 12.1. The zero-order valence-corrected chi connectivity index (χ0v) is 9.85. The van der Waals surface area contributed by atoms with Gasteiger partial charge >= 0.3 is 0 Å². The van der Waals surface area contributed by atoms with Crippen molar-refractivity contribution >= 4 is 0 Å². The first-order valence-corrected chi connectivity index (χ1v) is 5.64.